The first kappa shape index (κ1) is 28.8. The summed E-state index contributed by atoms with van der Waals surface area (Å²) < 4.78 is 2.10. The van der Waals surface area contributed by atoms with Gasteiger partial charge in [0.05, 0.1) is 16.7 Å². The number of aromatic carboxylic acids is 1. The van der Waals surface area contributed by atoms with Crippen LogP contribution in [0.1, 0.15) is 63.2 Å². The maximum Gasteiger partial charge on any atom is 0.354 e. The summed E-state index contributed by atoms with van der Waals surface area (Å²) in [6.07, 6.45) is 0. The SMILES string of the molecule is Cn1c(-c2cc(C(C)(C)C)cc3c2[n-]c2ccc(C(C)(C)C)cc23)nc2c(-c3cccc(C(=O)O)n3)cccc21.[Pt]. The van der Waals surface area contributed by atoms with E-state index in [-0.39, 0.29) is 37.6 Å². The van der Waals surface area contributed by atoms with Crippen molar-refractivity contribution in [3.63, 3.8) is 0 Å². The molecule has 6 nitrogen and oxygen atoms in total. The van der Waals surface area contributed by atoms with Gasteiger partial charge in [-0.05, 0) is 57.0 Å². The maximum absolute atomic E-state index is 11.6. The summed E-state index contributed by atoms with van der Waals surface area (Å²) in [5.74, 6) is -0.243. The van der Waals surface area contributed by atoms with Gasteiger partial charge in [-0.25, -0.2) is 14.8 Å². The Hall–Kier alpha value is -3.76. The Balaban J connectivity index is 0.00000337. The molecule has 0 aliphatic carbocycles. The minimum Gasteiger partial charge on any atom is -0.656 e. The molecular formula is C34H33N4O2Pt-. The first-order valence-corrected chi connectivity index (χ1v) is 13.5. The van der Waals surface area contributed by atoms with Crippen LogP contribution in [0.15, 0.2) is 66.7 Å². The second kappa shape index (κ2) is 9.95. The van der Waals surface area contributed by atoms with E-state index in [1.807, 2.05) is 31.3 Å². The molecule has 0 unspecified atom stereocenters. The second-order valence-electron chi connectivity index (χ2n) is 12.6. The molecule has 0 spiro atoms. The number of fused-ring (bicyclic) bond motifs is 4. The molecule has 0 amide bonds. The molecule has 0 saturated carbocycles. The van der Waals surface area contributed by atoms with Crippen LogP contribution in [-0.2, 0) is 38.9 Å². The molecule has 0 saturated heterocycles. The number of carbonyl (C=O) groups is 1. The molecule has 0 aliphatic heterocycles. The minimum absolute atomic E-state index is 0. The van der Waals surface area contributed by atoms with Crippen LogP contribution in [0.25, 0.3) is 55.5 Å². The first-order chi connectivity index (χ1) is 18.8. The summed E-state index contributed by atoms with van der Waals surface area (Å²) in [6.45, 7) is 13.4. The van der Waals surface area contributed by atoms with Crippen molar-refractivity contribution in [1.29, 1.82) is 0 Å². The molecule has 6 rings (SSSR count). The second-order valence-corrected chi connectivity index (χ2v) is 12.6. The topological polar surface area (TPSA) is 82.1 Å². The van der Waals surface area contributed by atoms with Gasteiger partial charge < -0.3 is 14.7 Å². The van der Waals surface area contributed by atoms with Gasteiger partial charge >= 0.3 is 5.97 Å². The van der Waals surface area contributed by atoms with E-state index >= 15 is 0 Å². The summed E-state index contributed by atoms with van der Waals surface area (Å²) in [6, 6.07) is 22.1. The molecular weight excluding hydrogens is 691 g/mol. The minimum atomic E-state index is -1.05. The van der Waals surface area contributed by atoms with Crippen LogP contribution in [0, 0.1) is 0 Å². The number of carboxylic acids is 1. The zero-order valence-corrected chi connectivity index (χ0v) is 26.6. The third kappa shape index (κ3) is 4.89. The van der Waals surface area contributed by atoms with Crippen molar-refractivity contribution in [2.75, 3.05) is 0 Å². The summed E-state index contributed by atoms with van der Waals surface area (Å²) in [7, 11) is 2.02. The quantitative estimate of drug-likeness (QED) is 0.201. The molecule has 7 heteroatoms. The number of hydrogen-bond acceptors (Lipinski definition) is 3. The van der Waals surface area contributed by atoms with E-state index in [1.165, 1.54) is 17.2 Å². The Kier molecular flexibility index (Phi) is 6.98. The van der Waals surface area contributed by atoms with Gasteiger partial charge in [0.2, 0.25) is 0 Å². The van der Waals surface area contributed by atoms with Crippen LogP contribution in [0.4, 0.5) is 0 Å². The number of benzene rings is 3. The predicted octanol–water partition coefficient (Wildman–Crippen LogP) is 7.86. The van der Waals surface area contributed by atoms with Crippen molar-refractivity contribution in [1.82, 2.24) is 19.5 Å². The number of para-hydroxylation sites is 1. The van der Waals surface area contributed by atoms with Crippen LogP contribution in [0.3, 0.4) is 0 Å². The van der Waals surface area contributed by atoms with E-state index in [9.17, 15) is 9.90 Å². The van der Waals surface area contributed by atoms with E-state index in [0.717, 1.165) is 49.8 Å². The van der Waals surface area contributed by atoms with Crippen LogP contribution in [0.2, 0.25) is 0 Å². The van der Waals surface area contributed by atoms with E-state index in [0.29, 0.717) is 5.69 Å². The molecule has 0 fully saturated rings. The third-order valence-electron chi connectivity index (χ3n) is 7.76. The molecule has 212 valence electrons. The Morgan fingerprint density at radius 2 is 1.49 bits per heavy atom. The van der Waals surface area contributed by atoms with Gasteiger partial charge in [0.1, 0.15) is 11.5 Å². The Morgan fingerprint density at radius 1 is 0.805 bits per heavy atom. The molecule has 0 bridgehead atoms. The Morgan fingerprint density at radius 3 is 2.17 bits per heavy atom. The van der Waals surface area contributed by atoms with E-state index in [2.05, 4.69) is 81.4 Å². The predicted molar refractivity (Wildman–Crippen MR) is 162 cm³/mol. The van der Waals surface area contributed by atoms with Crippen molar-refractivity contribution in [2.45, 2.75) is 52.4 Å². The fourth-order valence-corrected chi connectivity index (χ4v) is 5.37. The molecule has 3 aromatic carbocycles. The van der Waals surface area contributed by atoms with Crippen LogP contribution >= 0.6 is 0 Å². The molecule has 6 aromatic rings. The molecule has 41 heavy (non-hydrogen) atoms. The number of aromatic nitrogens is 4. The molecule has 0 radical (unpaired) electrons. The zero-order valence-electron chi connectivity index (χ0n) is 24.3. The van der Waals surface area contributed by atoms with E-state index < -0.39 is 5.97 Å². The number of imidazole rings is 1. The van der Waals surface area contributed by atoms with Gasteiger partial charge in [-0.15, -0.1) is 11.0 Å². The van der Waals surface area contributed by atoms with E-state index in [1.54, 1.807) is 6.07 Å². The largest absolute Gasteiger partial charge is 0.656 e. The summed E-state index contributed by atoms with van der Waals surface area (Å²) >= 11 is 0. The van der Waals surface area contributed by atoms with E-state index in [4.69, 9.17) is 9.97 Å². The maximum atomic E-state index is 11.6. The van der Waals surface area contributed by atoms with Gasteiger partial charge in [-0.3, -0.25) is 0 Å². The summed E-state index contributed by atoms with van der Waals surface area (Å²) in [5, 5.41) is 11.8. The van der Waals surface area contributed by atoms with Crippen LogP contribution in [-0.4, -0.2) is 25.6 Å². The smallest absolute Gasteiger partial charge is 0.354 e. The van der Waals surface area contributed by atoms with Crippen LogP contribution < -0.4 is 4.98 Å². The molecule has 3 aromatic heterocycles. The van der Waals surface area contributed by atoms with Gasteiger partial charge in [0.25, 0.3) is 0 Å². The zero-order chi connectivity index (χ0) is 28.6. The van der Waals surface area contributed by atoms with Crippen LogP contribution in [0.5, 0.6) is 0 Å². The fraction of sp³-hybridized carbons (Fsp3) is 0.265. The van der Waals surface area contributed by atoms with Gasteiger partial charge in [0.15, 0.2) is 0 Å². The third-order valence-corrected chi connectivity index (χ3v) is 7.76. The summed E-state index contributed by atoms with van der Waals surface area (Å²) in [5.41, 5.74) is 8.43. The normalized spacial score (nSPS) is 12.3. The summed E-state index contributed by atoms with van der Waals surface area (Å²) in [4.78, 5) is 26.3. The Bertz CT molecular complexity index is 1970. The Labute approximate surface area is 254 Å². The molecule has 1 N–H and O–H groups in total. The molecule has 0 aliphatic rings. The molecule has 0 atom stereocenters. The fourth-order valence-electron chi connectivity index (χ4n) is 5.37. The first-order valence-electron chi connectivity index (χ1n) is 13.5. The number of hydrogen-bond donors (Lipinski definition) is 1. The number of pyridine rings is 1. The van der Waals surface area contributed by atoms with Gasteiger partial charge in [0, 0.05) is 39.2 Å². The number of aryl methyl sites for hydroxylation is 1. The monoisotopic (exact) mass is 724 g/mol. The van der Waals surface area contributed by atoms with Crippen molar-refractivity contribution < 1.29 is 31.0 Å². The standard InChI is InChI=1S/C34H34N4O2.Pt/c1-33(2,3)19-14-15-26-22(16-19)23-17-20(34(4,5)6)18-24(29(23)36-26)31-37-30-21(10-8-13-28(30)38(31)7)25-11-9-12-27(35-25)32(39)40;/h8-18H,1-7H3,(H2,35,36,37,39,40);/p-1. The number of nitrogens with zero attached hydrogens (tertiary/aromatic N) is 4. The van der Waals surface area contributed by atoms with Crippen molar-refractivity contribution in [2.24, 2.45) is 7.05 Å². The van der Waals surface area contributed by atoms with Gasteiger partial charge in [-0.1, -0.05) is 84.0 Å². The van der Waals surface area contributed by atoms with Gasteiger partial charge in [-0.2, -0.15) is 0 Å². The van der Waals surface area contributed by atoms with Crippen molar-refractivity contribution >= 4 is 38.8 Å². The molecule has 3 heterocycles. The van der Waals surface area contributed by atoms with Crippen molar-refractivity contribution in [3.05, 3.63) is 83.6 Å². The average Bonchev–Trinajstić information content (AvgIpc) is 3.44. The number of rotatable bonds is 3. The average molecular weight is 725 g/mol. The van der Waals surface area contributed by atoms with Crippen molar-refractivity contribution in [3.8, 4) is 22.6 Å². The number of carboxylic acid groups (broad SMARTS) is 1.